The molecule has 2 aromatic rings. The SMILES string of the molecule is C/C(=C\CC/C(C)=C/CC[C@]1(C)CCc2c(C)c(O)cc(C)c2O1)CC/C=C(\C)C(=O)NCc1cccnc1. The van der Waals surface area contributed by atoms with Gasteiger partial charge in [0.05, 0.1) is 0 Å². The fraction of sp³-hybridized carbons (Fsp3) is 0.471. The number of amides is 1. The molecule has 2 heterocycles. The second kappa shape index (κ2) is 14.2. The van der Waals surface area contributed by atoms with Crippen LogP contribution in [0.4, 0.5) is 0 Å². The van der Waals surface area contributed by atoms with E-state index in [1.54, 1.807) is 12.4 Å². The van der Waals surface area contributed by atoms with Gasteiger partial charge in [-0.05, 0) is 122 Å². The highest BCUT2D eigenvalue weighted by molar-refractivity contribution is 5.92. The van der Waals surface area contributed by atoms with E-state index in [-0.39, 0.29) is 11.5 Å². The lowest BCUT2D eigenvalue weighted by atomic mass is 9.86. The smallest absolute Gasteiger partial charge is 0.246 e. The van der Waals surface area contributed by atoms with Crippen LogP contribution in [0.1, 0.15) is 94.9 Å². The molecular weight excluding hydrogens is 484 g/mol. The van der Waals surface area contributed by atoms with Crippen molar-refractivity contribution in [3.63, 3.8) is 0 Å². The van der Waals surface area contributed by atoms with Crippen LogP contribution < -0.4 is 10.1 Å². The Kier molecular flexibility index (Phi) is 11.0. The van der Waals surface area contributed by atoms with E-state index in [9.17, 15) is 9.90 Å². The molecule has 1 amide bonds. The van der Waals surface area contributed by atoms with Crippen LogP contribution in [0, 0.1) is 13.8 Å². The molecule has 5 heteroatoms. The first-order valence-corrected chi connectivity index (χ1v) is 14.2. The predicted molar refractivity (Wildman–Crippen MR) is 160 cm³/mol. The zero-order chi connectivity index (χ0) is 28.4. The molecule has 0 unspecified atom stereocenters. The first-order chi connectivity index (χ1) is 18.6. The quantitative estimate of drug-likeness (QED) is 0.215. The molecular formula is C34H46N2O3. The van der Waals surface area contributed by atoms with E-state index in [1.165, 1.54) is 11.1 Å². The summed E-state index contributed by atoms with van der Waals surface area (Å²) in [6, 6.07) is 5.65. The van der Waals surface area contributed by atoms with Crippen molar-refractivity contribution >= 4 is 5.91 Å². The first kappa shape index (κ1) is 30.2. The number of allylic oxidation sites excluding steroid dienone is 5. The van der Waals surface area contributed by atoms with Crippen LogP contribution in [-0.4, -0.2) is 21.6 Å². The molecule has 0 bridgehead atoms. The van der Waals surface area contributed by atoms with Crippen molar-refractivity contribution in [1.82, 2.24) is 10.3 Å². The Balaban J connectivity index is 1.37. The van der Waals surface area contributed by atoms with Gasteiger partial charge in [-0.15, -0.1) is 0 Å². The van der Waals surface area contributed by atoms with Crippen LogP contribution in [0.2, 0.25) is 0 Å². The van der Waals surface area contributed by atoms with Gasteiger partial charge in [-0.2, -0.15) is 0 Å². The highest BCUT2D eigenvalue weighted by Crippen LogP contribution is 2.42. The maximum atomic E-state index is 12.3. The van der Waals surface area contributed by atoms with E-state index in [1.807, 2.05) is 45.0 Å². The van der Waals surface area contributed by atoms with Gasteiger partial charge in [0.2, 0.25) is 5.91 Å². The monoisotopic (exact) mass is 530 g/mol. The molecule has 0 saturated carbocycles. The average molecular weight is 531 g/mol. The molecule has 0 spiro atoms. The molecule has 0 fully saturated rings. The van der Waals surface area contributed by atoms with Crippen LogP contribution in [0.15, 0.2) is 65.5 Å². The van der Waals surface area contributed by atoms with Gasteiger partial charge >= 0.3 is 0 Å². The van der Waals surface area contributed by atoms with E-state index >= 15 is 0 Å². The molecule has 0 aliphatic carbocycles. The average Bonchev–Trinajstić information content (AvgIpc) is 2.91. The van der Waals surface area contributed by atoms with Crippen LogP contribution in [0.3, 0.4) is 0 Å². The number of pyridine rings is 1. The number of ether oxygens (including phenoxy) is 1. The van der Waals surface area contributed by atoms with Crippen LogP contribution in [-0.2, 0) is 17.8 Å². The van der Waals surface area contributed by atoms with Crippen molar-refractivity contribution in [1.29, 1.82) is 0 Å². The summed E-state index contributed by atoms with van der Waals surface area (Å²) in [5.41, 5.74) is 7.49. The third-order valence-electron chi connectivity index (χ3n) is 7.80. The molecule has 2 N–H and O–H groups in total. The highest BCUT2D eigenvalue weighted by Gasteiger charge is 2.33. The van der Waals surface area contributed by atoms with Gasteiger partial charge in [0, 0.05) is 30.1 Å². The van der Waals surface area contributed by atoms with Crippen molar-refractivity contribution in [3.05, 3.63) is 87.8 Å². The van der Waals surface area contributed by atoms with E-state index in [2.05, 4.69) is 43.2 Å². The van der Waals surface area contributed by atoms with Crippen LogP contribution in [0.25, 0.3) is 0 Å². The van der Waals surface area contributed by atoms with Gasteiger partial charge in [-0.3, -0.25) is 9.78 Å². The van der Waals surface area contributed by atoms with Gasteiger partial charge in [0.15, 0.2) is 0 Å². The summed E-state index contributed by atoms with van der Waals surface area (Å²) < 4.78 is 6.50. The highest BCUT2D eigenvalue weighted by atomic mass is 16.5. The maximum absolute atomic E-state index is 12.3. The third kappa shape index (κ3) is 9.12. The minimum atomic E-state index is -0.171. The minimum Gasteiger partial charge on any atom is -0.508 e. The number of carbonyl (C=O) groups is 1. The lowest BCUT2D eigenvalue weighted by molar-refractivity contribution is -0.117. The Morgan fingerprint density at radius 1 is 1.10 bits per heavy atom. The lowest BCUT2D eigenvalue weighted by Gasteiger charge is -2.37. The number of aromatic hydroxyl groups is 1. The first-order valence-electron chi connectivity index (χ1n) is 14.2. The summed E-state index contributed by atoms with van der Waals surface area (Å²) in [7, 11) is 0. The molecule has 1 aliphatic heterocycles. The van der Waals surface area contributed by atoms with E-state index in [0.29, 0.717) is 12.3 Å². The van der Waals surface area contributed by atoms with Gasteiger partial charge in [0.1, 0.15) is 17.1 Å². The number of nitrogens with zero attached hydrogens (tertiary/aromatic N) is 1. The van der Waals surface area contributed by atoms with Crippen molar-refractivity contribution in [2.75, 3.05) is 0 Å². The molecule has 0 saturated heterocycles. The maximum Gasteiger partial charge on any atom is 0.246 e. The second-order valence-corrected chi connectivity index (χ2v) is 11.3. The summed E-state index contributed by atoms with van der Waals surface area (Å²) in [6.07, 6.45) is 18.0. The van der Waals surface area contributed by atoms with Gasteiger partial charge in [0.25, 0.3) is 0 Å². The molecule has 1 atom stereocenters. The van der Waals surface area contributed by atoms with E-state index in [4.69, 9.17) is 4.74 Å². The summed E-state index contributed by atoms with van der Waals surface area (Å²) in [6.45, 7) is 13.0. The number of benzene rings is 1. The second-order valence-electron chi connectivity index (χ2n) is 11.3. The number of hydrogen-bond donors (Lipinski definition) is 2. The zero-order valence-corrected chi connectivity index (χ0v) is 24.7. The third-order valence-corrected chi connectivity index (χ3v) is 7.80. The van der Waals surface area contributed by atoms with Gasteiger partial charge < -0.3 is 15.2 Å². The molecule has 1 aromatic heterocycles. The molecule has 0 radical (unpaired) electrons. The summed E-state index contributed by atoms with van der Waals surface area (Å²) >= 11 is 0. The van der Waals surface area contributed by atoms with Crippen LogP contribution in [0.5, 0.6) is 11.5 Å². The predicted octanol–water partition coefficient (Wildman–Crippen LogP) is 7.98. The van der Waals surface area contributed by atoms with Crippen molar-refractivity contribution in [2.45, 2.75) is 105 Å². The zero-order valence-electron chi connectivity index (χ0n) is 24.7. The molecule has 5 nitrogen and oxygen atoms in total. The van der Waals surface area contributed by atoms with Gasteiger partial charge in [-0.25, -0.2) is 0 Å². The molecule has 39 heavy (non-hydrogen) atoms. The van der Waals surface area contributed by atoms with Crippen molar-refractivity contribution < 1.29 is 14.6 Å². The number of nitrogens with one attached hydrogen (secondary N) is 1. The summed E-state index contributed by atoms with van der Waals surface area (Å²) in [5, 5.41) is 13.1. The normalized spacial score (nSPS) is 17.9. The summed E-state index contributed by atoms with van der Waals surface area (Å²) in [4.78, 5) is 16.4. The Morgan fingerprint density at radius 2 is 1.79 bits per heavy atom. The number of aryl methyl sites for hydroxylation is 1. The fourth-order valence-electron chi connectivity index (χ4n) is 5.06. The lowest BCUT2D eigenvalue weighted by Crippen LogP contribution is -2.36. The number of rotatable bonds is 12. The standard InChI is InChI=1S/C34H46N2O3/c1-24(13-8-15-26(3)33(38)36-23-29-16-10-20-35-22-29)11-7-12-25(2)14-9-18-34(6)19-17-30-28(5)31(37)21-27(4)32(30)39-34/h10-11,14-16,20-22,37H,7-9,12-13,17-19,23H2,1-6H3,(H,36,38)/b24-11+,25-14+,26-15+/t34-/m1/s1. The Bertz CT molecular complexity index is 1230. The largest absolute Gasteiger partial charge is 0.508 e. The number of carbonyl (C=O) groups excluding carboxylic acids is 1. The van der Waals surface area contributed by atoms with Gasteiger partial charge in [-0.1, -0.05) is 35.4 Å². The number of hydrogen-bond acceptors (Lipinski definition) is 4. The molecule has 1 aliphatic rings. The van der Waals surface area contributed by atoms with Crippen molar-refractivity contribution in [3.8, 4) is 11.5 Å². The Morgan fingerprint density at radius 3 is 2.49 bits per heavy atom. The number of fused-ring (bicyclic) bond motifs is 1. The summed E-state index contributed by atoms with van der Waals surface area (Å²) in [5.74, 6) is 1.31. The molecule has 3 rings (SSSR count). The van der Waals surface area contributed by atoms with Crippen LogP contribution >= 0.6 is 0 Å². The number of aromatic nitrogens is 1. The Labute approximate surface area is 235 Å². The van der Waals surface area contributed by atoms with Crippen molar-refractivity contribution in [2.24, 2.45) is 0 Å². The fourth-order valence-corrected chi connectivity index (χ4v) is 5.06. The Hall–Kier alpha value is -3.34. The number of phenolic OH excluding ortho intramolecular Hbond substituents is 1. The number of phenols is 1. The van der Waals surface area contributed by atoms with E-state index in [0.717, 1.165) is 84.9 Å². The topological polar surface area (TPSA) is 71.5 Å². The minimum absolute atomic E-state index is 0.0255. The molecule has 210 valence electrons. The van der Waals surface area contributed by atoms with E-state index < -0.39 is 0 Å². The molecule has 1 aromatic carbocycles.